The van der Waals surface area contributed by atoms with Gasteiger partial charge in [0, 0.05) is 36.8 Å². The fraction of sp³-hybridized carbons (Fsp3) is 0.429. The Morgan fingerprint density at radius 3 is 2.95 bits per heavy atom. The molecule has 1 fully saturated rings. The van der Waals surface area contributed by atoms with Crippen LogP contribution in [0.25, 0.3) is 11.4 Å². The lowest BCUT2D eigenvalue weighted by atomic mass is 10.2. The smallest absolute Gasteiger partial charge is 0.321 e. The molecule has 21 heavy (non-hydrogen) atoms. The Labute approximate surface area is 128 Å². The fourth-order valence-corrected chi connectivity index (χ4v) is 2.38. The van der Waals surface area contributed by atoms with Crippen LogP contribution in [0, 0.1) is 0 Å². The molecule has 6 nitrogen and oxygen atoms in total. The summed E-state index contributed by atoms with van der Waals surface area (Å²) in [6.45, 7) is 5.24. The van der Waals surface area contributed by atoms with E-state index in [1.54, 1.807) is 0 Å². The molecule has 0 bridgehead atoms. The van der Waals surface area contributed by atoms with E-state index < -0.39 is 0 Å². The molecule has 0 atom stereocenters. The molecule has 1 aromatic carbocycles. The Bertz CT molecular complexity index is 584. The highest BCUT2D eigenvalue weighted by Gasteiger charge is 2.11. The monoisotopic (exact) mass is 308 g/mol. The molecule has 0 radical (unpaired) electrons. The first-order chi connectivity index (χ1) is 10.3. The minimum absolute atomic E-state index is 0.429. The fourth-order valence-electron chi connectivity index (χ4n) is 2.19. The standard InChI is InChI=1S/C14H17ClN4O2/c15-12-3-1-2-11(10-12)13-17-14(21-18-13)16-4-5-19-6-8-20-9-7-19/h1-3,10H,4-9H2,(H,16,17,18). The Morgan fingerprint density at radius 2 is 2.14 bits per heavy atom. The first-order valence-corrected chi connectivity index (χ1v) is 7.33. The van der Waals surface area contributed by atoms with E-state index >= 15 is 0 Å². The van der Waals surface area contributed by atoms with E-state index in [9.17, 15) is 0 Å². The van der Waals surface area contributed by atoms with Crippen molar-refractivity contribution in [2.45, 2.75) is 0 Å². The van der Waals surface area contributed by atoms with Gasteiger partial charge < -0.3 is 14.6 Å². The Balaban J connectivity index is 1.53. The van der Waals surface area contributed by atoms with Crippen LogP contribution >= 0.6 is 11.6 Å². The molecule has 0 amide bonds. The van der Waals surface area contributed by atoms with Gasteiger partial charge in [-0.1, -0.05) is 28.9 Å². The molecule has 1 saturated heterocycles. The van der Waals surface area contributed by atoms with Crippen LogP contribution in [0.5, 0.6) is 0 Å². The van der Waals surface area contributed by atoms with Gasteiger partial charge in [0.2, 0.25) is 5.82 Å². The van der Waals surface area contributed by atoms with Gasteiger partial charge in [0.1, 0.15) is 0 Å². The van der Waals surface area contributed by atoms with E-state index in [0.29, 0.717) is 16.9 Å². The SMILES string of the molecule is Clc1cccc(-c2noc(NCCN3CCOCC3)n2)c1. The Kier molecular flexibility index (Phi) is 4.69. The molecule has 0 saturated carbocycles. The molecular weight excluding hydrogens is 292 g/mol. The van der Waals surface area contributed by atoms with E-state index in [0.717, 1.165) is 45.0 Å². The van der Waals surface area contributed by atoms with Gasteiger partial charge in [0.15, 0.2) is 0 Å². The van der Waals surface area contributed by atoms with Crippen LogP contribution in [-0.4, -0.2) is 54.4 Å². The largest absolute Gasteiger partial charge is 0.379 e. The number of halogens is 1. The topological polar surface area (TPSA) is 63.4 Å². The summed E-state index contributed by atoms with van der Waals surface area (Å²) >= 11 is 5.95. The molecule has 1 aliphatic heterocycles. The van der Waals surface area contributed by atoms with Crippen LogP contribution < -0.4 is 5.32 Å². The number of anilines is 1. The van der Waals surface area contributed by atoms with Crippen molar-refractivity contribution < 1.29 is 9.26 Å². The highest BCUT2D eigenvalue weighted by molar-refractivity contribution is 6.30. The number of nitrogens with zero attached hydrogens (tertiary/aromatic N) is 3. The summed E-state index contributed by atoms with van der Waals surface area (Å²) in [5.41, 5.74) is 0.840. The maximum atomic E-state index is 5.95. The molecule has 7 heteroatoms. The third kappa shape index (κ3) is 3.93. The third-order valence-corrected chi connectivity index (χ3v) is 3.55. The average Bonchev–Trinajstić information content (AvgIpc) is 2.97. The van der Waals surface area contributed by atoms with Crippen LogP contribution in [0.1, 0.15) is 0 Å². The lowest BCUT2D eigenvalue weighted by Gasteiger charge is -2.26. The summed E-state index contributed by atoms with van der Waals surface area (Å²) in [4.78, 5) is 6.65. The summed E-state index contributed by atoms with van der Waals surface area (Å²) in [5, 5.41) is 7.75. The van der Waals surface area contributed by atoms with Gasteiger partial charge >= 0.3 is 6.01 Å². The lowest BCUT2D eigenvalue weighted by molar-refractivity contribution is 0.0398. The summed E-state index contributed by atoms with van der Waals surface area (Å²) in [5.74, 6) is 0.534. The molecule has 2 heterocycles. The van der Waals surface area contributed by atoms with Gasteiger partial charge in [-0.3, -0.25) is 4.90 Å². The van der Waals surface area contributed by atoms with Crippen molar-refractivity contribution >= 4 is 17.6 Å². The van der Waals surface area contributed by atoms with Gasteiger partial charge in [0.05, 0.1) is 13.2 Å². The maximum Gasteiger partial charge on any atom is 0.321 e. The average molecular weight is 309 g/mol. The molecule has 2 aromatic rings. The first kappa shape index (κ1) is 14.3. The summed E-state index contributed by atoms with van der Waals surface area (Å²) in [6, 6.07) is 7.81. The number of hydrogen-bond acceptors (Lipinski definition) is 6. The zero-order valence-electron chi connectivity index (χ0n) is 11.6. The van der Waals surface area contributed by atoms with Crippen molar-refractivity contribution in [3.63, 3.8) is 0 Å². The van der Waals surface area contributed by atoms with Crippen molar-refractivity contribution in [1.82, 2.24) is 15.0 Å². The number of morpholine rings is 1. The molecule has 0 spiro atoms. The second-order valence-corrected chi connectivity index (χ2v) is 5.25. The number of ether oxygens (including phenoxy) is 1. The van der Waals surface area contributed by atoms with Gasteiger partial charge in [-0.05, 0) is 12.1 Å². The number of rotatable bonds is 5. The molecule has 3 rings (SSSR count). The molecule has 0 aliphatic carbocycles. The van der Waals surface area contributed by atoms with Crippen molar-refractivity contribution in [3.05, 3.63) is 29.3 Å². The van der Waals surface area contributed by atoms with Crippen LogP contribution in [-0.2, 0) is 4.74 Å². The minimum atomic E-state index is 0.429. The van der Waals surface area contributed by atoms with Crippen molar-refractivity contribution in [2.24, 2.45) is 0 Å². The second kappa shape index (κ2) is 6.89. The third-order valence-electron chi connectivity index (χ3n) is 3.32. The Hall–Kier alpha value is -1.63. The van der Waals surface area contributed by atoms with Gasteiger partial charge in [-0.15, -0.1) is 0 Å². The lowest BCUT2D eigenvalue weighted by Crippen LogP contribution is -2.39. The van der Waals surface area contributed by atoms with Crippen molar-refractivity contribution in [2.75, 3.05) is 44.7 Å². The molecule has 1 aromatic heterocycles. The number of aromatic nitrogens is 2. The molecular formula is C14H17ClN4O2. The zero-order valence-corrected chi connectivity index (χ0v) is 12.3. The highest BCUT2D eigenvalue weighted by Crippen LogP contribution is 2.20. The van der Waals surface area contributed by atoms with Crippen molar-refractivity contribution in [3.8, 4) is 11.4 Å². The number of benzene rings is 1. The molecule has 1 N–H and O–H groups in total. The second-order valence-electron chi connectivity index (χ2n) is 4.81. The number of hydrogen-bond donors (Lipinski definition) is 1. The van der Waals surface area contributed by atoms with Crippen molar-refractivity contribution in [1.29, 1.82) is 0 Å². The van der Waals surface area contributed by atoms with E-state index in [1.165, 1.54) is 0 Å². The van der Waals surface area contributed by atoms with Gasteiger partial charge in [-0.25, -0.2) is 0 Å². The summed E-state index contributed by atoms with van der Waals surface area (Å²) < 4.78 is 10.5. The molecule has 1 aliphatic rings. The van der Waals surface area contributed by atoms with E-state index in [-0.39, 0.29) is 0 Å². The predicted molar refractivity (Wildman–Crippen MR) is 80.5 cm³/mol. The van der Waals surface area contributed by atoms with E-state index in [2.05, 4.69) is 20.4 Å². The maximum absolute atomic E-state index is 5.95. The Morgan fingerprint density at radius 1 is 1.29 bits per heavy atom. The minimum Gasteiger partial charge on any atom is -0.379 e. The normalized spacial score (nSPS) is 16.0. The van der Waals surface area contributed by atoms with Crippen LogP contribution in [0.3, 0.4) is 0 Å². The van der Waals surface area contributed by atoms with Crippen LogP contribution in [0.15, 0.2) is 28.8 Å². The zero-order chi connectivity index (χ0) is 14.5. The van der Waals surface area contributed by atoms with Crippen LogP contribution in [0.4, 0.5) is 6.01 Å². The van der Waals surface area contributed by atoms with Gasteiger partial charge in [0.25, 0.3) is 0 Å². The molecule has 0 unspecified atom stereocenters. The summed E-state index contributed by atoms with van der Waals surface area (Å²) in [6.07, 6.45) is 0. The van der Waals surface area contributed by atoms with Gasteiger partial charge in [-0.2, -0.15) is 4.98 Å². The van der Waals surface area contributed by atoms with Crippen LogP contribution in [0.2, 0.25) is 5.02 Å². The van der Waals surface area contributed by atoms with E-state index in [1.807, 2.05) is 24.3 Å². The quantitative estimate of drug-likeness (QED) is 0.913. The number of nitrogens with one attached hydrogen (secondary N) is 1. The first-order valence-electron chi connectivity index (χ1n) is 6.95. The highest BCUT2D eigenvalue weighted by atomic mass is 35.5. The predicted octanol–water partition coefficient (Wildman–Crippen LogP) is 2.13. The summed E-state index contributed by atoms with van der Waals surface area (Å²) in [7, 11) is 0. The molecule has 112 valence electrons. The van der Waals surface area contributed by atoms with E-state index in [4.69, 9.17) is 20.9 Å².